The van der Waals surface area contributed by atoms with Crippen molar-refractivity contribution in [1.29, 1.82) is 0 Å². The minimum atomic E-state index is -1.40. The number of hydrogen-bond donors (Lipinski definition) is 2. The molecule has 17 nitrogen and oxygen atoms in total. The first kappa shape index (κ1) is 43.5. The third-order valence-corrected chi connectivity index (χ3v) is 11.5. The molecule has 2 saturated heterocycles. The van der Waals surface area contributed by atoms with Crippen molar-refractivity contribution in [2.45, 2.75) is 78.2 Å². The Balaban J connectivity index is 0.000000202. The third-order valence-electron chi connectivity index (χ3n) is 11.5. The number of ether oxygens (including phenoxy) is 2. The summed E-state index contributed by atoms with van der Waals surface area (Å²) in [6, 6.07) is 9.67. The molecule has 1 aromatic heterocycles. The van der Waals surface area contributed by atoms with Crippen molar-refractivity contribution in [2.75, 3.05) is 18.7 Å². The third kappa shape index (κ3) is 7.32. The van der Waals surface area contributed by atoms with E-state index in [4.69, 9.17) is 13.9 Å². The molecular weight excluding hydrogens is 779 g/mol. The maximum atomic E-state index is 13.0. The summed E-state index contributed by atoms with van der Waals surface area (Å²) in [6.45, 7) is 7.50. The number of aliphatic carboxylic acids is 1. The second-order valence-electron chi connectivity index (χ2n) is 16.2. The first-order chi connectivity index (χ1) is 27.2. The molecular formula is C41H43N4NaO13. The molecule has 0 spiro atoms. The van der Waals surface area contributed by atoms with Gasteiger partial charge in [-0.15, -0.1) is 0 Å². The Bertz CT molecular complexity index is 2440. The number of carboxylic acids is 1. The summed E-state index contributed by atoms with van der Waals surface area (Å²) in [5.74, 6) is -5.27. The number of carbonyl (C=O) groups excluding carboxylic acids is 6. The molecule has 0 aliphatic carbocycles. The van der Waals surface area contributed by atoms with Gasteiger partial charge in [-0.25, -0.2) is 9.59 Å². The minimum Gasteiger partial charge on any atom is -0.543 e. The van der Waals surface area contributed by atoms with Gasteiger partial charge in [0.05, 0.1) is 65.1 Å². The van der Waals surface area contributed by atoms with E-state index in [1.807, 2.05) is 6.07 Å². The number of carboxylic acid groups (broad SMARTS) is 1. The molecule has 6 atom stereocenters. The number of β-lactam (4-membered cyclic amide) rings is 2. The fourth-order valence-electron chi connectivity index (χ4n) is 8.43. The van der Waals surface area contributed by atoms with Crippen LogP contribution in [0.15, 0.2) is 57.0 Å². The number of rotatable bonds is 8. The zero-order chi connectivity index (χ0) is 42.3. The van der Waals surface area contributed by atoms with Crippen LogP contribution in [0.5, 0.6) is 0 Å². The Labute approximate surface area is 360 Å². The SMILES string of the molecule is C[C@@H](O)[C@H]1C(=O)N2C(C(=O)OCOC(=O)C(C)(C)C)=C(c3ccc4c(c3)oc(=O)n4C)C[C@H]12.C[C@@H](O)[C@H]1C(=O)N2C(C(=O)[O-])=C(c3ccc4c(c3)CC(=O)N4C)C[C@H]12.[Na+]. The Kier molecular flexibility index (Phi) is 11.7. The van der Waals surface area contributed by atoms with Crippen molar-refractivity contribution in [3.63, 3.8) is 0 Å². The number of fused-ring (bicyclic) bond motifs is 4. The number of hydrogen-bond acceptors (Lipinski definition) is 13. The average molecular weight is 823 g/mol. The molecule has 2 aromatic carbocycles. The number of nitrogens with zero attached hydrogens (tertiary/aromatic N) is 4. The fraction of sp³-hybridized carbons (Fsp3) is 0.439. The molecule has 0 bridgehead atoms. The smallest absolute Gasteiger partial charge is 0.543 e. The van der Waals surface area contributed by atoms with Crippen LogP contribution in [-0.2, 0) is 51.7 Å². The molecule has 5 aliphatic rings. The largest absolute Gasteiger partial charge is 1.00 e. The van der Waals surface area contributed by atoms with Crippen LogP contribution in [0.25, 0.3) is 22.2 Å². The van der Waals surface area contributed by atoms with Crippen LogP contribution in [0.3, 0.4) is 0 Å². The molecule has 6 heterocycles. The van der Waals surface area contributed by atoms with E-state index in [0.717, 1.165) is 11.3 Å². The number of aliphatic hydroxyl groups is 2. The topological polar surface area (TPSA) is 229 Å². The van der Waals surface area contributed by atoms with Gasteiger partial charge < -0.3 is 48.7 Å². The van der Waals surface area contributed by atoms with Gasteiger partial charge in [-0.3, -0.25) is 23.7 Å². The predicted octanol–water partition coefficient (Wildman–Crippen LogP) is -2.17. The zero-order valence-corrected chi connectivity index (χ0v) is 35.9. The summed E-state index contributed by atoms with van der Waals surface area (Å²) < 4.78 is 16.8. The molecule has 2 fully saturated rings. The van der Waals surface area contributed by atoms with Gasteiger partial charge in [-0.2, -0.15) is 0 Å². The number of aryl methyl sites for hydroxylation is 1. The zero-order valence-electron chi connectivity index (χ0n) is 33.9. The quantitative estimate of drug-likeness (QED) is 0.107. The monoisotopic (exact) mass is 822 g/mol. The van der Waals surface area contributed by atoms with Crippen LogP contribution in [0, 0.1) is 17.3 Å². The Morgan fingerprint density at radius 2 is 1.39 bits per heavy atom. The normalized spacial score (nSPS) is 22.8. The van der Waals surface area contributed by atoms with Crippen molar-refractivity contribution in [2.24, 2.45) is 24.3 Å². The van der Waals surface area contributed by atoms with E-state index in [0.29, 0.717) is 46.2 Å². The number of aromatic nitrogens is 1. The minimum absolute atomic E-state index is 0. The molecule has 3 amide bonds. The first-order valence-electron chi connectivity index (χ1n) is 18.8. The molecule has 5 aliphatic heterocycles. The van der Waals surface area contributed by atoms with Gasteiger partial charge in [-0.1, -0.05) is 12.1 Å². The van der Waals surface area contributed by atoms with Gasteiger partial charge in [0.1, 0.15) is 5.70 Å². The van der Waals surface area contributed by atoms with E-state index in [9.17, 15) is 48.9 Å². The van der Waals surface area contributed by atoms with Crippen LogP contribution >= 0.6 is 0 Å². The standard InChI is InChI=1S/C23H26N2O8.C18H18N2O5.Na/c1-11(26)17-15-9-13(12-6-7-14-16(8-12)33-22(30)24(14)5)18(25(15)19(17)27)20(28)31-10-32-21(29)23(2,3)4;1-8(21)15-13-7-11(16(18(24)25)20(13)17(15)23)9-3-4-12-10(5-9)6-14(22)19(12)2;/h6-8,11,15,17,26H,9-10H2,1-5H3;3-5,8,13,15,21H,6-7H2,1-2H3,(H,24,25);/q;;+1/p-1/t11-,15-,17-;8-,13-,15-;/m11./s1. The number of anilines is 1. The molecule has 0 saturated carbocycles. The summed E-state index contributed by atoms with van der Waals surface area (Å²) in [5, 5.41) is 31.5. The number of amides is 3. The second kappa shape index (κ2) is 15.8. The molecule has 0 radical (unpaired) electrons. The van der Waals surface area contributed by atoms with Crippen LogP contribution in [0.2, 0.25) is 0 Å². The van der Waals surface area contributed by atoms with E-state index >= 15 is 0 Å². The van der Waals surface area contributed by atoms with Crippen molar-refractivity contribution in [3.05, 3.63) is 75.0 Å². The number of carbonyl (C=O) groups is 6. The molecule has 18 heteroatoms. The maximum absolute atomic E-state index is 13.0. The number of esters is 2. The van der Waals surface area contributed by atoms with E-state index in [2.05, 4.69) is 0 Å². The second-order valence-corrected chi connectivity index (χ2v) is 16.2. The van der Waals surface area contributed by atoms with Crippen molar-refractivity contribution in [1.82, 2.24) is 14.4 Å². The Morgan fingerprint density at radius 1 is 0.847 bits per heavy atom. The summed E-state index contributed by atoms with van der Waals surface area (Å²) in [5.41, 5.74) is 4.02. The number of aliphatic hydroxyl groups excluding tert-OH is 2. The van der Waals surface area contributed by atoms with Gasteiger partial charge in [-0.05, 0) is 99.6 Å². The van der Waals surface area contributed by atoms with E-state index in [1.165, 1.54) is 28.2 Å². The van der Waals surface area contributed by atoms with Crippen LogP contribution < -0.4 is 45.3 Å². The predicted molar refractivity (Wildman–Crippen MR) is 201 cm³/mol. The maximum Gasteiger partial charge on any atom is 1.00 e. The summed E-state index contributed by atoms with van der Waals surface area (Å²) >= 11 is 0. The molecule has 8 rings (SSSR count). The van der Waals surface area contributed by atoms with Crippen molar-refractivity contribution >= 4 is 63.6 Å². The van der Waals surface area contributed by atoms with Crippen LogP contribution in [-0.4, -0.2) is 98.3 Å². The Hall–Kier alpha value is -5.07. The van der Waals surface area contributed by atoms with Crippen LogP contribution in [0.1, 0.15) is 64.2 Å². The van der Waals surface area contributed by atoms with E-state index in [-0.39, 0.29) is 71.1 Å². The van der Waals surface area contributed by atoms with Crippen molar-refractivity contribution in [3.8, 4) is 0 Å². The molecule has 2 N–H and O–H groups in total. The number of oxazole rings is 1. The van der Waals surface area contributed by atoms with Gasteiger partial charge in [0.25, 0.3) is 0 Å². The fourth-order valence-corrected chi connectivity index (χ4v) is 8.43. The van der Waals surface area contributed by atoms with Crippen LogP contribution in [0.4, 0.5) is 5.69 Å². The molecule has 3 aromatic rings. The van der Waals surface area contributed by atoms with Crippen molar-refractivity contribution < 1.29 is 87.5 Å². The average Bonchev–Trinajstić information content (AvgIpc) is 3.84. The van der Waals surface area contributed by atoms with E-state index in [1.54, 1.807) is 70.1 Å². The summed E-state index contributed by atoms with van der Waals surface area (Å²) in [6.07, 6.45) is -0.764. The molecule has 0 unspecified atom stereocenters. The van der Waals surface area contributed by atoms with Gasteiger partial charge in [0, 0.05) is 19.8 Å². The first-order valence-corrected chi connectivity index (χ1v) is 18.8. The number of likely N-dealkylation sites (N-methyl/N-ethyl adjacent to an activating group) is 1. The van der Waals surface area contributed by atoms with Gasteiger partial charge >= 0.3 is 47.3 Å². The number of benzene rings is 2. The van der Waals surface area contributed by atoms with E-state index < -0.39 is 66.0 Å². The van der Waals surface area contributed by atoms with Gasteiger partial charge in [0.2, 0.25) is 24.5 Å². The van der Waals surface area contributed by atoms with Gasteiger partial charge in [0.15, 0.2) is 5.58 Å². The summed E-state index contributed by atoms with van der Waals surface area (Å²) in [4.78, 5) is 89.4. The molecule has 306 valence electrons. The summed E-state index contributed by atoms with van der Waals surface area (Å²) in [7, 11) is 3.29. The molecule has 59 heavy (non-hydrogen) atoms. The Morgan fingerprint density at radius 3 is 1.95 bits per heavy atom.